The van der Waals surface area contributed by atoms with Crippen molar-refractivity contribution in [2.24, 2.45) is 0 Å². The van der Waals surface area contributed by atoms with Gasteiger partial charge in [0.1, 0.15) is 6.07 Å². The summed E-state index contributed by atoms with van der Waals surface area (Å²) in [5, 5.41) is 9.61. The summed E-state index contributed by atoms with van der Waals surface area (Å²) in [6, 6.07) is 10.6. The predicted molar refractivity (Wildman–Crippen MR) is 156 cm³/mol. The quantitative estimate of drug-likeness (QED) is 0.130. The number of unbranched alkanes of at least 4 members (excludes halogenated alkanes) is 20. The number of hydrogen-bond acceptors (Lipinski definition) is 2. The van der Waals surface area contributed by atoms with Crippen LogP contribution in [0.2, 0.25) is 0 Å². The molecule has 0 saturated heterocycles. The number of para-hydroxylation sites is 1. The van der Waals surface area contributed by atoms with Gasteiger partial charge in [0.25, 0.3) is 0 Å². The molecule has 0 radical (unpaired) electrons. The highest BCUT2D eigenvalue weighted by Crippen LogP contribution is 2.22. The van der Waals surface area contributed by atoms with Crippen molar-refractivity contribution in [1.82, 2.24) is 0 Å². The van der Waals surface area contributed by atoms with Gasteiger partial charge in [-0.15, -0.1) is 0 Å². The maximum Gasteiger partial charge on any atom is 0.101 e. The van der Waals surface area contributed by atoms with Gasteiger partial charge in [0.05, 0.1) is 11.3 Å². The van der Waals surface area contributed by atoms with Gasteiger partial charge in [0.15, 0.2) is 0 Å². The summed E-state index contributed by atoms with van der Waals surface area (Å²) in [7, 11) is 0. The van der Waals surface area contributed by atoms with Crippen molar-refractivity contribution in [2.75, 3.05) is 18.0 Å². The summed E-state index contributed by atoms with van der Waals surface area (Å²) in [6.07, 6.45) is 30.4. The van der Waals surface area contributed by atoms with Gasteiger partial charge in [-0.2, -0.15) is 5.26 Å². The fourth-order valence-electron chi connectivity index (χ4n) is 5.13. The molecule has 0 atom stereocenters. The van der Waals surface area contributed by atoms with Crippen molar-refractivity contribution in [3.8, 4) is 6.07 Å². The van der Waals surface area contributed by atoms with E-state index in [0.717, 1.165) is 24.3 Å². The molecule has 0 N–H and O–H groups in total. The molecule has 1 rings (SSSR count). The lowest BCUT2D eigenvalue weighted by Crippen LogP contribution is -2.26. The average molecular weight is 483 g/mol. The van der Waals surface area contributed by atoms with Crippen LogP contribution >= 0.6 is 0 Å². The predicted octanol–water partition coefficient (Wildman–Crippen LogP) is 11.0. The van der Waals surface area contributed by atoms with Crippen molar-refractivity contribution >= 4 is 5.69 Å². The number of nitriles is 1. The molecule has 0 fully saturated rings. The summed E-state index contributed by atoms with van der Waals surface area (Å²) < 4.78 is 0. The molecular formula is C33H58N2. The molecule has 0 aromatic heterocycles. The van der Waals surface area contributed by atoms with E-state index in [1.807, 2.05) is 12.1 Å². The fourth-order valence-corrected chi connectivity index (χ4v) is 5.13. The van der Waals surface area contributed by atoms with E-state index in [4.69, 9.17) is 0 Å². The summed E-state index contributed by atoms with van der Waals surface area (Å²) in [5.74, 6) is 0. The third kappa shape index (κ3) is 17.6. The zero-order chi connectivity index (χ0) is 25.2. The molecule has 0 aliphatic carbocycles. The van der Waals surface area contributed by atoms with Crippen LogP contribution in [0.3, 0.4) is 0 Å². The van der Waals surface area contributed by atoms with Crippen LogP contribution in [0.25, 0.3) is 0 Å². The molecule has 1 aromatic rings. The van der Waals surface area contributed by atoms with Crippen LogP contribution in [0.5, 0.6) is 0 Å². The van der Waals surface area contributed by atoms with E-state index in [1.165, 1.54) is 141 Å². The largest absolute Gasteiger partial charge is 0.370 e. The number of benzene rings is 1. The van der Waals surface area contributed by atoms with Crippen molar-refractivity contribution in [2.45, 2.75) is 155 Å². The monoisotopic (exact) mass is 482 g/mol. The van der Waals surface area contributed by atoms with Crippen molar-refractivity contribution in [3.05, 3.63) is 29.8 Å². The molecule has 0 aliphatic rings. The van der Waals surface area contributed by atoms with E-state index in [-0.39, 0.29) is 0 Å². The number of anilines is 1. The minimum atomic E-state index is 0.832. The third-order valence-corrected chi connectivity index (χ3v) is 7.43. The first-order valence-corrected chi connectivity index (χ1v) is 15.6. The highest BCUT2D eigenvalue weighted by atomic mass is 15.1. The Labute approximate surface area is 219 Å². The minimum Gasteiger partial charge on any atom is -0.370 e. The second-order valence-electron chi connectivity index (χ2n) is 10.7. The Morgan fingerprint density at radius 3 is 1.23 bits per heavy atom. The number of nitrogens with zero attached hydrogens (tertiary/aromatic N) is 2. The molecule has 0 saturated carbocycles. The molecule has 0 amide bonds. The van der Waals surface area contributed by atoms with Crippen LogP contribution in [-0.2, 0) is 0 Å². The maximum absolute atomic E-state index is 9.61. The molecule has 35 heavy (non-hydrogen) atoms. The molecule has 200 valence electrons. The summed E-state index contributed by atoms with van der Waals surface area (Å²) >= 11 is 0. The second kappa shape index (κ2) is 24.2. The zero-order valence-electron chi connectivity index (χ0n) is 23.7. The summed E-state index contributed by atoms with van der Waals surface area (Å²) in [5.41, 5.74) is 1.98. The minimum absolute atomic E-state index is 0.832. The van der Waals surface area contributed by atoms with Crippen LogP contribution in [0.1, 0.15) is 161 Å². The topological polar surface area (TPSA) is 27.0 Å². The molecular weight excluding hydrogens is 424 g/mol. The normalized spacial score (nSPS) is 11.0. The van der Waals surface area contributed by atoms with Gasteiger partial charge in [-0.05, 0) is 25.0 Å². The average Bonchev–Trinajstić information content (AvgIpc) is 2.89. The van der Waals surface area contributed by atoms with Crippen molar-refractivity contribution in [3.63, 3.8) is 0 Å². The second-order valence-corrected chi connectivity index (χ2v) is 10.7. The summed E-state index contributed by atoms with van der Waals surface area (Å²) in [6.45, 7) is 6.76. The maximum atomic E-state index is 9.61. The highest BCUT2D eigenvalue weighted by Gasteiger charge is 2.10. The van der Waals surface area contributed by atoms with Gasteiger partial charge in [0.2, 0.25) is 0 Å². The zero-order valence-corrected chi connectivity index (χ0v) is 23.7. The lowest BCUT2D eigenvalue weighted by atomic mass is 10.0. The van der Waals surface area contributed by atoms with Crippen LogP contribution < -0.4 is 4.90 Å². The third-order valence-electron chi connectivity index (χ3n) is 7.43. The highest BCUT2D eigenvalue weighted by molar-refractivity contribution is 5.59. The van der Waals surface area contributed by atoms with E-state index < -0.39 is 0 Å². The lowest BCUT2D eigenvalue weighted by Gasteiger charge is -2.26. The van der Waals surface area contributed by atoms with Crippen LogP contribution in [0.4, 0.5) is 5.69 Å². The molecule has 2 heteroatoms. The molecule has 0 heterocycles. The van der Waals surface area contributed by atoms with Crippen molar-refractivity contribution < 1.29 is 0 Å². The van der Waals surface area contributed by atoms with Gasteiger partial charge in [-0.25, -0.2) is 0 Å². The molecule has 1 aromatic carbocycles. The first kappa shape index (κ1) is 31.5. The van der Waals surface area contributed by atoms with E-state index in [2.05, 4.69) is 36.9 Å². The van der Waals surface area contributed by atoms with E-state index in [1.54, 1.807) is 0 Å². The van der Waals surface area contributed by atoms with Gasteiger partial charge in [-0.3, -0.25) is 0 Å². The molecule has 0 spiro atoms. The smallest absolute Gasteiger partial charge is 0.101 e. The van der Waals surface area contributed by atoms with Gasteiger partial charge >= 0.3 is 0 Å². The Morgan fingerprint density at radius 2 is 0.857 bits per heavy atom. The number of hydrogen-bond donors (Lipinski definition) is 0. The Kier molecular flexibility index (Phi) is 21.8. The van der Waals surface area contributed by atoms with Crippen molar-refractivity contribution in [1.29, 1.82) is 5.26 Å². The standard InChI is InChI=1S/C33H58N2/c1-3-5-7-9-11-13-15-17-19-21-25-29-35(33-28-24-23-27-32(33)31-34)30-26-22-20-18-16-14-12-10-8-6-4-2/h23-24,27-28H,3-22,25-26,29-30H2,1-2H3. The van der Waals surface area contributed by atoms with Gasteiger partial charge in [0, 0.05) is 13.1 Å². The first-order chi connectivity index (χ1) is 17.3. The van der Waals surface area contributed by atoms with Crippen LogP contribution in [-0.4, -0.2) is 13.1 Å². The SMILES string of the molecule is CCCCCCCCCCCCCN(CCCCCCCCCCCCC)c1ccccc1C#N. The van der Waals surface area contributed by atoms with E-state index in [0.29, 0.717) is 0 Å². The fraction of sp³-hybridized carbons (Fsp3) is 0.788. The summed E-state index contributed by atoms with van der Waals surface area (Å²) in [4.78, 5) is 2.50. The van der Waals surface area contributed by atoms with E-state index >= 15 is 0 Å². The van der Waals surface area contributed by atoms with Gasteiger partial charge < -0.3 is 4.90 Å². The molecule has 0 bridgehead atoms. The van der Waals surface area contributed by atoms with Gasteiger partial charge in [-0.1, -0.05) is 154 Å². The molecule has 0 aliphatic heterocycles. The Morgan fingerprint density at radius 1 is 0.514 bits per heavy atom. The Balaban J connectivity index is 2.22. The first-order valence-electron chi connectivity index (χ1n) is 15.6. The lowest BCUT2D eigenvalue weighted by molar-refractivity contribution is 0.538. The van der Waals surface area contributed by atoms with Crippen LogP contribution in [0, 0.1) is 11.3 Å². The molecule has 0 unspecified atom stereocenters. The molecule has 2 nitrogen and oxygen atoms in total. The Bertz CT molecular complexity index is 592. The number of rotatable bonds is 25. The van der Waals surface area contributed by atoms with Crippen LogP contribution in [0.15, 0.2) is 24.3 Å². The van der Waals surface area contributed by atoms with E-state index in [9.17, 15) is 5.26 Å². The Hall–Kier alpha value is -1.49.